The number of ketones is 1. The first kappa shape index (κ1) is 20.3. The summed E-state index contributed by atoms with van der Waals surface area (Å²) in [5.74, 6) is -0.822. The lowest BCUT2D eigenvalue weighted by molar-refractivity contribution is -0.143. The van der Waals surface area contributed by atoms with Crippen molar-refractivity contribution in [1.82, 2.24) is 4.72 Å². The average molecular weight is 375 g/mol. The number of Topliss-reactive ketones (excluding diaryl/α,β-unsaturated/α-hetero) is 1. The largest absolute Gasteiger partial charge is 0.469 e. The summed E-state index contributed by atoms with van der Waals surface area (Å²) < 4.78 is 19.8. The third-order valence-corrected chi connectivity index (χ3v) is 5.62. The zero-order chi connectivity index (χ0) is 19.3. The van der Waals surface area contributed by atoms with Crippen molar-refractivity contribution in [3.63, 3.8) is 0 Å². The monoisotopic (exact) mass is 375 g/mol. The molecule has 0 aliphatic carbocycles. The molecule has 0 heterocycles. The van der Waals surface area contributed by atoms with Crippen LogP contribution in [-0.4, -0.2) is 27.8 Å². The lowest BCUT2D eigenvalue weighted by atomic mass is 9.95. The normalized spacial score (nSPS) is 14.0. The number of fused-ring (bicyclic) bond motifs is 1. The number of carbonyl (C=O) groups is 2. The standard InChI is InChI=1S/C20H25NO4S/c1-20(2,3)26(24)21-18(12-15(22)13-19(23)25-4)17-11-7-9-14-8-5-6-10-16(14)17/h5-11,18,21H,12-13H2,1-4H3. The number of methoxy groups -OCH3 is 1. The second kappa shape index (κ2) is 8.56. The summed E-state index contributed by atoms with van der Waals surface area (Å²) in [5.41, 5.74) is 0.888. The van der Waals surface area contributed by atoms with Gasteiger partial charge in [0.25, 0.3) is 0 Å². The fourth-order valence-electron chi connectivity index (χ4n) is 2.61. The summed E-state index contributed by atoms with van der Waals surface area (Å²) >= 11 is 0. The number of esters is 1. The highest BCUT2D eigenvalue weighted by Crippen LogP contribution is 2.28. The van der Waals surface area contributed by atoms with Crippen molar-refractivity contribution < 1.29 is 18.5 Å². The molecule has 2 aromatic rings. The van der Waals surface area contributed by atoms with E-state index < -0.39 is 27.7 Å². The molecule has 0 saturated heterocycles. The van der Waals surface area contributed by atoms with Crippen LogP contribution in [0.4, 0.5) is 0 Å². The van der Waals surface area contributed by atoms with E-state index in [1.807, 2.05) is 63.2 Å². The Morgan fingerprint density at radius 2 is 1.77 bits per heavy atom. The van der Waals surface area contributed by atoms with Crippen LogP contribution in [0.15, 0.2) is 42.5 Å². The van der Waals surface area contributed by atoms with Crippen LogP contribution in [0.5, 0.6) is 0 Å². The Hall–Kier alpha value is -2.05. The van der Waals surface area contributed by atoms with E-state index in [-0.39, 0.29) is 18.6 Å². The van der Waals surface area contributed by atoms with Crippen LogP contribution in [0.3, 0.4) is 0 Å². The molecule has 2 aromatic carbocycles. The van der Waals surface area contributed by atoms with Gasteiger partial charge in [-0.15, -0.1) is 0 Å². The van der Waals surface area contributed by atoms with Crippen LogP contribution in [0, 0.1) is 0 Å². The Morgan fingerprint density at radius 1 is 1.12 bits per heavy atom. The van der Waals surface area contributed by atoms with Crippen molar-refractivity contribution in [3.05, 3.63) is 48.0 Å². The quantitative estimate of drug-likeness (QED) is 0.594. The van der Waals surface area contributed by atoms with Crippen LogP contribution in [0.2, 0.25) is 0 Å². The first-order valence-corrected chi connectivity index (χ1v) is 9.61. The predicted molar refractivity (Wildman–Crippen MR) is 104 cm³/mol. The number of carbonyl (C=O) groups excluding carboxylic acids is 2. The lowest BCUT2D eigenvalue weighted by Gasteiger charge is -2.25. The molecule has 0 spiro atoms. The maximum Gasteiger partial charge on any atom is 0.313 e. The number of hydrogen-bond acceptors (Lipinski definition) is 4. The molecule has 1 N–H and O–H groups in total. The summed E-state index contributed by atoms with van der Waals surface area (Å²) in [6.07, 6.45) is -0.230. The SMILES string of the molecule is COC(=O)CC(=O)CC(NS(=O)C(C)(C)C)c1cccc2ccccc12. The highest BCUT2D eigenvalue weighted by Gasteiger charge is 2.26. The van der Waals surface area contributed by atoms with Gasteiger partial charge in [0.15, 0.2) is 0 Å². The Bertz CT molecular complexity index is 821. The maximum atomic E-state index is 12.6. The van der Waals surface area contributed by atoms with E-state index in [2.05, 4.69) is 9.46 Å². The van der Waals surface area contributed by atoms with Crippen LogP contribution in [0.25, 0.3) is 10.8 Å². The second-order valence-electron chi connectivity index (χ2n) is 7.12. The Morgan fingerprint density at radius 3 is 2.42 bits per heavy atom. The van der Waals surface area contributed by atoms with Gasteiger partial charge < -0.3 is 4.74 Å². The molecule has 0 radical (unpaired) electrons. The van der Waals surface area contributed by atoms with Gasteiger partial charge in [0.1, 0.15) is 12.2 Å². The number of hydrogen-bond donors (Lipinski definition) is 1. The average Bonchev–Trinajstić information content (AvgIpc) is 2.59. The van der Waals surface area contributed by atoms with E-state index >= 15 is 0 Å². The molecule has 2 rings (SSSR count). The molecule has 26 heavy (non-hydrogen) atoms. The molecule has 0 amide bonds. The smallest absolute Gasteiger partial charge is 0.313 e. The van der Waals surface area contributed by atoms with Crippen molar-refractivity contribution in [2.24, 2.45) is 0 Å². The molecule has 0 fully saturated rings. The van der Waals surface area contributed by atoms with E-state index in [1.165, 1.54) is 7.11 Å². The predicted octanol–water partition coefficient (Wildman–Crippen LogP) is 3.46. The van der Waals surface area contributed by atoms with Gasteiger partial charge in [-0.25, -0.2) is 8.93 Å². The summed E-state index contributed by atoms with van der Waals surface area (Å²) in [6, 6.07) is 13.2. The highest BCUT2D eigenvalue weighted by atomic mass is 32.2. The minimum Gasteiger partial charge on any atom is -0.469 e. The lowest BCUT2D eigenvalue weighted by Crippen LogP contribution is -2.36. The zero-order valence-corrected chi connectivity index (χ0v) is 16.4. The fourth-order valence-corrected chi connectivity index (χ4v) is 3.43. The van der Waals surface area contributed by atoms with Crippen LogP contribution < -0.4 is 4.72 Å². The summed E-state index contributed by atoms with van der Waals surface area (Å²) in [7, 11) is -0.105. The number of rotatable bonds is 7. The van der Waals surface area contributed by atoms with E-state index in [0.29, 0.717) is 0 Å². The molecule has 2 atom stereocenters. The summed E-state index contributed by atoms with van der Waals surface area (Å²) in [4.78, 5) is 23.7. The number of ether oxygens (including phenoxy) is 1. The van der Waals surface area contributed by atoms with Crippen molar-refractivity contribution >= 4 is 33.5 Å². The molecule has 0 aromatic heterocycles. The number of benzene rings is 2. The van der Waals surface area contributed by atoms with Gasteiger partial charge in [-0.3, -0.25) is 9.59 Å². The molecule has 6 heteroatoms. The molecule has 0 saturated carbocycles. The van der Waals surface area contributed by atoms with Gasteiger partial charge in [-0.1, -0.05) is 42.5 Å². The van der Waals surface area contributed by atoms with Gasteiger partial charge in [0.05, 0.1) is 28.9 Å². The topological polar surface area (TPSA) is 72.5 Å². The van der Waals surface area contributed by atoms with E-state index in [0.717, 1.165) is 16.3 Å². The minimum atomic E-state index is -1.36. The highest BCUT2D eigenvalue weighted by molar-refractivity contribution is 7.84. The molecule has 0 aliphatic rings. The van der Waals surface area contributed by atoms with Crippen molar-refractivity contribution in [2.75, 3.05) is 7.11 Å². The van der Waals surface area contributed by atoms with Gasteiger partial charge in [0.2, 0.25) is 0 Å². The zero-order valence-electron chi connectivity index (χ0n) is 15.6. The Kier molecular flexibility index (Phi) is 6.67. The van der Waals surface area contributed by atoms with Crippen molar-refractivity contribution in [3.8, 4) is 0 Å². The minimum absolute atomic E-state index is 0.0604. The van der Waals surface area contributed by atoms with E-state index in [1.54, 1.807) is 0 Å². The molecule has 140 valence electrons. The van der Waals surface area contributed by atoms with Crippen LogP contribution in [-0.2, 0) is 25.3 Å². The Labute approximate surface area is 156 Å². The molecular weight excluding hydrogens is 350 g/mol. The van der Waals surface area contributed by atoms with E-state index in [4.69, 9.17) is 0 Å². The van der Waals surface area contributed by atoms with Gasteiger partial charge in [-0.2, -0.15) is 0 Å². The van der Waals surface area contributed by atoms with E-state index in [9.17, 15) is 13.8 Å². The molecule has 5 nitrogen and oxygen atoms in total. The third-order valence-electron chi connectivity index (χ3n) is 4.01. The van der Waals surface area contributed by atoms with Gasteiger partial charge in [-0.05, 0) is 37.1 Å². The first-order valence-electron chi connectivity index (χ1n) is 8.46. The Balaban J connectivity index is 2.37. The molecule has 2 unspecified atom stereocenters. The van der Waals surface area contributed by atoms with Crippen LogP contribution >= 0.6 is 0 Å². The summed E-state index contributed by atoms with van der Waals surface area (Å²) in [6.45, 7) is 5.60. The maximum absolute atomic E-state index is 12.6. The summed E-state index contributed by atoms with van der Waals surface area (Å²) in [5, 5.41) is 2.03. The fraction of sp³-hybridized carbons (Fsp3) is 0.400. The second-order valence-corrected chi connectivity index (χ2v) is 9.11. The van der Waals surface area contributed by atoms with Crippen LogP contribution in [0.1, 0.15) is 45.2 Å². The number of nitrogens with one attached hydrogen (secondary N) is 1. The van der Waals surface area contributed by atoms with Gasteiger partial charge in [0, 0.05) is 6.42 Å². The third kappa shape index (κ3) is 5.22. The van der Waals surface area contributed by atoms with Gasteiger partial charge >= 0.3 is 5.97 Å². The van der Waals surface area contributed by atoms with Crippen molar-refractivity contribution in [2.45, 2.75) is 44.4 Å². The molecule has 0 bridgehead atoms. The molecular formula is C20H25NO4S. The van der Waals surface area contributed by atoms with Crippen molar-refractivity contribution in [1.29, 1.82) is 0 Å². The molecule has 0 aliphatic heterocycles. The first-order chi connectivity index (χ1) is 12.2.